The van der Waals surface area contributed by atoms with Crippen LogP contribution in [-0.2, 0) is 9.53 Å². The average Bonchev–Trinajstić information content (AvgIpc) is 3.27. The fourth-order valence-electron chi connectivity index (χ4n) is 2.23. The van der Waals surface area contributed by atoms with Gasteiger partial charge in [0.15, 0.2) is 0 Å². The minimum Gasteiger partial charge on any atom is -0.397 e. The largest absolute Gasteiger partial charge is 0.397 e. The van der Waals surface area contributed by atoms with Gasteiger partial charge in [-0.1, -0.05) is 11.6 Å². The van der Waals surface area contributed by atoms with Crippen LogP contribution < -0.4 is 11.1 Å². The lowest BCUT2D eigenvalue weighted by Gasteiger charge is -2.21. The van der Waals surface area contributed by atoms with Crippen LogP contribution in [0.25, 0.3) is 0 Å². The molecule has 0 heterocycles. The highest BCUT2D eigenvalue weighted by Crippen LogP contribution is 2.27. The van der Waals surface area contributed by atoms with Crippen molar-refractivity contribution in [3.8, 4) is 0 Å². The lowest BCUT2D eigenvalue weighted by molar-refractivity contribution is -0.116. The first-order valence-corrected chi connectivity index (χ1v) is 7.56. The third-order valence-corrected chi connectivity index (χ3v) is 3.79. The second kappa shape index (κ2) is 7.64. The molecule has 1 saturated carbocycles. The van der Waals surface area contributed by atoms with Gasteiger partial charge in [0, 0.05) is 37.7 Å². The Morgan fingerprint density at radius 1 is 1.48 bits per heavy atom. The molecule has 1 aliphatic carbocycles. The van der Waals surface area contributed by atoms with E-state index in [1.165, 1.54) is 12.8 Å². The summed E-state index contributed by atoms with van der Waals surface area (Å²) in [5, 5.41) is 3.39. The van der Waals surface area contributed by atoms with Gasteiger partial charge in [0.2, 0.25) is 5.91 Å². The van der Waals surface area contributed by atoms with E-state index < -0.39 is 0 Å². The van der Waals surface area contributed by atoms with Gasteiger partial charge in [0.25, 0.3) is 0 Å². The number of anilines is 2. The molecule has 116 valence electrons. The van der Waals surface area contributed by atoms with Crippen molar-refractivity contribution in [3.63, 3.8) is 0 Å². The molecule has 1 aromatic carbocycles. The first-order chi connectivity index (χ1) is 10.1. The van der Waals surface area contributed by atoms with Crippen molar-refractivity contribution in [2.45, 2.75) is 25.3 Å². The van der Waals surface area contributed by atoms with Crippen LogP contribution in [0.15, 0.2) is 18.2 Å². The Labute approximate surface area is 130 Å². The first kappa shape index (κ1) is 16.1. The van der Waals surface area contributed by atoms with E-state index in [4.69, 9.17) is 22.1 Å². The summed E-state index contributed by atoms with van der Waals surface area (Å²) in [5.41, 5.74) is 6.91. The van der Waals surface area contributed by atoms with E-state index in [0.29, 0.717) is 35.5 Å². The number of amides is 1. The quantitative estimate of drug-likeness (QED) is 0.723. The Hall–Kier alpha value is -1.30. The molecule has 0 atom stereocenters. The number of halogens is 1. The lowest BCUT2D eigenvalue weighted by Crippen LogP contribution is -2.32. The van der Waals surface area contributed by atoms with Crippen LogP contribution in [0.1, 0.15) is 19.3 Å². The van der Waals surface area contributed by atoms with Gasteiger partial charge >= 0.3 is 0 Å². The molecular formula is C15H22ClN3O2. The maximum atomic E-state index is 12.0. The van der Waals surface area contributed by atoms with Gasteiger partial charge in [-0.3, -0.25) is 9.69 Å². The fraction of sp³-hybridized carbons (Fsp3) is 0.533. The number of hydrogen-bond acceptors (Lipinski definition) is 4. The van der Waals surface area contributed by atoms with Crippen molar-refractivity contribution >= 4 is 28.9 Å². The van der Waals surface area contributed by atoms with Gasteiger partial charge in [-0.2, -0.15) is 0 Å². The van der Waals surface area contributed by atoms with Gasteiger partial charge in [-0.05, 0) is 31.0 Å². The maximum Gasteiger partial charge on any atom is 0.225 e. The SMILES string of the molecule is COCCN(CCC(=O)Nc1ccc(Cl)cc1N)C1CC1. The van der Waals surface area contributed by atoms with E-state index in [1.54, 1.807) is 25.3 Å². The Morgan fingerprint density at radius 3 is 2.86 bits per heavy atom. The number of benzene rings is 1. The Balaban J connectivity index is 1.80. The highest BCUT2D eigenvalue weighted by molar-refractivity contribution is 6.31. The highest BCUT2D eigenvalue weighted by Gasteiger charge is 2.28. The predicted molar refractivity (Wildman–Crippen MR) is 85.6 cm³/mol. The van der Waals surface area contributed by atoms with Gasteiger partial charge in [-0.25, -0.2) is 0 Å². The van der Waals surface area contributed by atoms with Gasteiger partial charge < -0.3 is 15.8 Å². The molecule has 0 unspecified atom stereocenters. The molecule has 1 aromatic rings. The zero-order valence-corrected chi connectivity index (χ0v) is 13.0. The number of nitrogens with two attached hydrogens (primary N) is 1. The van der Waals surface area contributed by atoms with E-state index in [1.807, 2.05) is 0 Å². The Bertz CT molecular complexity index is 492. The molecule has 0 aliphatic heterocycles. The second-order valence-electron chi connectivity index (χ2n) is 5.29. The van der Waals surface area contributed by atoms with Crippen molar-refractivity contribution < 1.29 is 9.53 Å². The minimum absolute atomic E-state index is 0.0351. The summed E-state index contributed by atoms with van der Waals surface area (Å²) in [6, 6.07) is 5.68. The normalized spacial score (nSPS) is 14.4. The molecule has 21 heavy (non-hydrogen) atoms. The molecule has 1 fully saturated rings. The Morgan fingerprint density at radius 2 is 2.24 bits per heavy atom. The van der Waals surface area contributed by atoms with Crippen LogP contribution in [0.5, 0.6) is 0 Å². The molecule has 0 bridgehead atoms. The van der Waals surface area contributed by atoms with E-state index in [9.17, 15) is 4.79 Å². The lowest BCUT2D eigenvalue weighted by atomic mass is 10.2. The number of nitrogens with one attached hydrogen (secondary N) is 1. The molecule has 0 radical (unpaired) electrons. The summed E-state index contributed by atoms with van der Waals surface area (Å²) < 4.78 is 5.11. The number of carbonyl (C=O) groups is 1. The molecule has 0 saturated heterocycles. The van der Waals surface area contributed by atoms with Crippen molar-refractivity contribution in [2.24, 2.45) is 0 Å². The summed E-state index contributed by atoms with van der Waals surface area (Å²) in [5.74, 6) is -0.0351. The van der Waals surface area contributed by atoms with Crippen LogP contribution >= 0.6 is 11.6 Å². The number of carbonyl (C=O) groups excluding carboxylic acids is 1. The molecule has 0 spiro atoms. The van der Waals surface area contributed by atoms with Crippen molar-refractivity contribution in [1.82, 2.24) is 4.90 Å². The summed E-state index contributed by atoms with van der Waals surface area (Å²) >= 11 is 5.84. The van der Waals surface area contributed by atoms with Crippen LogP contribution in [-0.4, -0.2) is 43.7 Å². The van der Waals surface area contributed by atoms with Crippen LogP contribution in [0.2, 0.25) is 5.02 Å². The smallest absolute Gasteiger partial charge is 0.225 e. The summed E-state index contributed by atoms with van der Waals surface area (Å²) in [6.07, 6.45) is 2.88. The van der Waals surface area contributed by atoms with Crippen molar-refractivity contribution in [1.29, 1.82) is 0 Å². The summed E-state index contributed by atoms with van der Waals surface area (Å²) in [6.45, 7) is 2.31. The molecule has 2 rings (SSSR count). The molecule has 5 nitrogen and oxygen atoms in total. The number of hydrogen-bond donors (Lipinski definition) is 2. The van der Waals surface area contributed by atoms with E-state index in [0.717, 1.165) is 13.1 Å². The van der Waals surface area contributed by atoms with Crippen LogP contribution in [0.4, 0.5) is 11.4 Å². The summed E-state index contributed by atoms with van der Waals surface area (Å²) in [7, 11) is 1.70. The highest BCUT2D eigenvalue weighted by atomic mass is 35.5. The predicted octanol–water partition coefficient (Wildman–Crippen LogP) is 2.36. The number of ether oxygens (including phenoxy) is 1. The standard InChI is InChI=1S/C15H22ClN3O2/c1-21-9-8-19(12-3-4-12)7-6-15(20)18-14-5-2-11(16)10-13(14)17/h2,5,10,12H,3-4,6-9,17H2,1H3,(H,18,20). The van der Waals surface area contributed by atoms with Crippen LogP contribution in [0, 0.1) is 0 Å². The topological polar surface area (TPSA) is 67.6 Å². The molecule has 6 heteroatoms. The van der Waals surface area contributed by atoms with E-state index in [-0.39, 0.29) is 5.91 Å². The van der Waals surface area contributed by atoms with Gasteiger partial charge in [0.1, 0.15) is 0 Å². The monoisotopic (exact) mass is 311 g/mol. The molecular weight excluding hydrogens is 290 g/mol. The first-order valence-electron chi connectivity index (χ1n) is 7.18. The zero-order valence-electron chi connectivity index (χ0n) is 12.3. The minimum atomic E-state index is -0.0351. The van der Waals surface area contributed by atoms with Gasteiger partial charge in [-0.15, -0.1) is 0 Å². The number of nitrogens with zero attached hydrogens (tertiary/aromatic N) is 1. The van der Waals surface area contributed by atoms with Crippen molar-refractivity contribution in [3.05, 3.63) is 23.2 Å². The third kappa shape index (κ3) is 5.19. The molecule has 1 amide bonds. The second-order valence-corrected chi connectivity index (χ2v) is 5.73. The molecule has 3 N–H and O–H groups in total. The van der Waals surface area contributed by atoms with E-state index in [2.05, 4.69) is 10.2 Å². The fourth-order valence-corrected chi connectivity index (χ4v) is 2.41. The third-order valence-electron chi connectivity index (χ3n) is 3.56. The number of nitrogen functional groups attached to an aromatic ring is 1. The van der Waals surface area contributed by atoms with Gasteiger partial charge in [0.05, 0.1) is 18.0 Å². The molecule has 0 aromatic heterocycles. The molecule has 1 aliphatic rings. The number of methoxy groups -OCH3 is 1. The zero-order chi connectivity index (χ0) is 15.2. The Kier molecular flexibility index (Phi) is 5.85. The number of rotatable bonds is 8. The maximum absolute atomic E-state index is 12.0. The van der Waals surface area contributed by atoms with Crippen LogP contribution in [0.3, 0.4) is 0 Å². The summed E-state index contributed by atoms with van der Waals surface area (Å²) in [4.78, 5) is 14.3. The van der Waals surface area contributed by atoms with E-state index >= 15 is 0 Å². The van der Waals surface area contributed by atoms with Crippen molar-refractivity contribution in [2.75, 3.05) is 37.9 Å². The average molecular weight is 312 g/mol.